The van der Waals surface area contributed by atoms with Gasteiger partial charge in [0, 0.05) is 19.5 Å². The van der Waals surface area contributed by atoms with Crippen LogP contribution in [0.15, 0.2) is 47.4 Å². The number of hydrogen-bond donors (Lipinski definition) is 1. The van der Waals surface area contributed by atoms with Gasteiger partial charge in [0.25, 0.3) is 0 Å². The normalized spacial score (nSPS) is 17.0. The molecule has 0 spiro atoms. The van der Waals surface area contributed by atoms with Gasteiger partial charge in [-0.2, -0.15) is 0 Å². The quantitative estimate of drug-likeness (QED) is 0.621. The third-order valence-electron chi connectivity index (χ3n) is 5.00. The van der Waals surface area contributed by atoms with E-state index in [1.807, 2.05) is 24.3 Å². The third kappa shape index (κ3) is 4.21. The summed E-state index contributed by atoms with van der Waals surface area (Å²) in [6, 6.07) is 10.0. The van der Waals surface area contributed by atoms with E-state index in [1.54, 1.807) is 16.2 Å². The van der Waals surface area contributed by atoms with Crippen LogP contribution in [0.3, 0.4) is 0 Å². The van der Waals surface area contributed by atoms with E-state index in [-0.39, 0.29) is 29.8 Å². The molecule has 1 atom stereocenters. The summed E-state index contributed by atoms with van der Waals surface area (Å²) >= 11 is 1.56. The number of sulfonamides is 1. The van der Waals surface area contributed by atoms with E-state index in [4.69, 9.17) is 0 Å². The van der Waals surface area contributed by atoms with Crippen LogP contribution in [0.2, 0.25) is 0 Å². The maximum atomic E-state index is 13.3. The molecule has 1 N–H and O–H groups in total. The highest BCUT2D eigenvalue weighted by Crippen LogP contribution is 2.36. The molecule has 2 aromatic carbocycles. The van der Waals surface area contributed by atoms with E-state index in [2.05, 4.69) is 9.71 Å². The lowest BCUT2D eigenvalue weighted by Gasteiger charge is -2.23. The number of carbonyl (C=O) groups excluding carboxylic acids is 1. The maximum absolute atomic E-state index is 13.3. The molecule has 158 valence electrons. The van der Waals surface area contributed by atoms with E-state index in [0.29, 0.717) is 12.6 Å². The Labute approximate surface area is 176 Å². The zero-order chi connectivity index (χ0) is 21.3. The molecule has 0 bridgehead atoms. The molecule has 1 unspecified atom stereocenters. The highest BCUT2D eigenvalue weighted by molar-refractivity contribution is 7.89. The number of amides is 1. The van der Waals surface area contributed by atoms with Gasteiger partial charge in [0.2, 0.25) is 15.9 Å². The van der Waals surface area contributed by atoms with Crippen LogP contribution in [0.25, 0.3) is 10.2 Å². The summed E-state index contributed by atoms with van der Waals surface area (Å²) in [4.78, 5) is 18.7. The molecular formula is C20H19F2N3O3S2. The third-order valence-corrected chi connectivity index (χ3v) is 7.60. The van der Waals surface area contributed by atoms with Crippen LogP contribution < -0.4 is 4.72 Å². The number of fused-ring (bicyclic) bond motifs is 1. The van der Waals surface area contributed by atoms with Crippen molar-refractivity contribution in [1.82, 2.24) is 14.6 Å². The van der Waals surface area contributed by atoms with Gasteiger partial charge in [-0.25, -0.2) is 26.9 Å². The van der Waals surface area contributed by atoms with Gasteiger partial charge in [0.15, 0.2) is 11.6 Å². The minimum atomic E-state index is -4.04. The van der Waals surface area contributed by atoms with Gasteiger partial charge in [-0.15, -0.1) is 11.3 Å². The molecule has 2 heterocycles. The monoisotopic (exact) mass is 451 g/mol. The lowest BCUT2D eigenvalue weighted by atomic mass is 10.2. The van der Waals surface area contributed by atoms with Gasteiger partial charge in [-0.05, 0) is 43.2 Å². The van der Waals surface area contributed by atoms with Gasteiger partial charge in [-0.1, -0.05) is 12.1 Å². The molecule has 1 amide bonds. The summed E-state index contributed by atoms with van der Waals surface area (Å²) in [6.07, 6.45) is 1.63. The highest BCUT2D eigenvalue weighted by atomic mass is 32.2. The molecule has 10 heteroatoms. The molecule has 0 aliphatic carbocycles. The summed E-state index contributed by atoms with van der Waals surface area (Å²) in [5.41, 5.74) is 0.899. The molecule has 4 rings (SSSR count). The fraction of sp³-hybridized carbons (Fsp3) is 0.300. The molecule has 1 saturated heterocycles. The van der Waals surface area contributed by atoms with Crippen molar-refractivity contribution >= 4 is 37.5 Å². The molecule has 6 nitrogen and oxygen atoms in total. The van der Waals surface area contributed by atoms with Gasteiger partial charge < -0.3 is 4.90 Å². The second-order valence-corrected chi connectivity index (χ2v) is 9.82. The molecule has 1 aromatic heterocycles. The molecule has 0 radical (unpaired) electrons. The number of thiazole rings is 1. The number of aromatic nitrogens is 1. The molecule has 1 fully saturated rings. The number of nitrogens with zero attached hydrogens (tertiary/aromatic N) is 2. The van der Waals surface area contributed by atoms with Crippen LogP contribution in [0.5, 0.6) is 0 Å². The van der Waals surface area contributed by atoms with Crippen LogP contribution >= 0.6 is 11.3 Å². The van der Waals surface area contributed by atoms with Crippen molar-refractivity contribution in [2.24, 2.45) is 0 Å². The second kappa shape index (κ2) is 8.37. The van der Waals surface area contributed by atoms with Crippen molar-refractivity contribution in [2.75, 3.05) is 13.1 Å². The number of carbonyl (C=O) groups is 1. The Morgan fingerprint density at radius 1 is 1.20 bits per heavy atom. The largest absolute Gasteiger partial charge is 0.333 e. The van der Waals surface area contributed by atoms with Crippen LogP contribution in [-0.4, -0.2) is 37.3 Å². The summed E-state index contributed by atoms with van der Waals surface area (Å²) in [5.74, 6) is -2.55. The van der Waals surface area contributed by atoms with Crippen molar-refractivity contribution in [3.8, 4) is 0 Å². The number of benzene rings is 2. The first-order valence-corrected chi connectivity index (χ1v) is 11.7. The van der Waals surface area contributed by atoms with Crippen molar-refractivity contribution in [3.63, 3.8) is 0 Å². The Morgan fingerprint density at radius 3 is 2.77 bits per heavy atom. The van der Waals surface area contributed by atoms with Crippen LogP contribution in [-0.2, 0) is 14.8 Å². The Morgan fingerprint density at radius 2 is 2.00 bits per heavy atom. The van der Waals surface area contributed by atoms with Crippen molar-refractivity contribution in [2.45, 2.75) is 30.2 Å². The van der Waals surface area contributed by atoms with E-state index in [9.17, 15) is 22.0 Å². The minimum absolute atomic E-state index is 0.0374. The van der Waals surface area contributed by atoms with E-state index in [1.165, 1.54) is 0 Å². The average Bonchev–Trinajstić information content (AvgIpc) is 3.36. The van der Waals surface area contributed by atoms with Gasteiger partial charge >= 0.3 is 0 Å². The number of para-hydroxylation sites is 1. The number of rotatable bonds is 6. The minimum Gasteiger partial charge on any atom is -0.333 e. The SMILES string of the molecule is O=C(CCNS(=O)(=O)c1ccc(F)c(F)c1)N1CCCC1c1nc2ccccc2s1. The van der Waals surface area contributed by atoms with Gasteiger partial charge in [0.05, 0.1) is 21.2 Å². The first-order valence-electron chi connectivity index (χ1n) is 9.45. The number of hydrogen-bond acceptors (Lipinski definition) is 5. The number of likely N-dealkylation sites (tertiary alicyclic amines) is 1. The Kier molecular flexibility index (Phi) is 5.81. The standard InChI is InChI=1S/C20H19F2N3O3S2/c21-14-8-7-13(12-15(14)22)30(27,28)23-10-9-19(26)25-11-3-5-17(25)20-24-16-4-1-2-6-18(16)29-20/h1-2,4,6-8,12,17,23H,3,5,9-11H2. The topological polar surface area (TPSA) is 79.4 Å². The molecule has 0 saturated carbocycles. The average molecular weight is 452 g/mol. The van der Waals surface area contributed by atoms with Crippen LogP contribution in [0.1, 0.15) is 30.3 Å². The molecule has 1 aliphatic rings. The van der Waals surface area contributed by atoms with Gasteiger partial charge in [0.1, 0.15) is 5.01 Å². The van der Waals surface area contributed by atoms with Crippen molar-refractivity contribution in [3.05, 3.63) is 59.1 Å². The van der Waals surface area contributed by atoms with E-state index in [0.717, 1.165) is 40.2 Å². The summed E-state index contributed by atoms with van der Waals surface area (Å²) in [5, 5.41) is 0.879. The molecule has 1 aliphatic heterocycles. The van der Waals surface area contributed by atoms with E-state index < -0.39 is 21.7 Å². The number of nitrogens with one attached hydrogen (secondary N) is 1. The summed E-state index contributed by atoms with van der Waals surface area (Å²) in [7, 11) is -4.04. The zero-order valence-electron chi connectivity index (χ0n) is 15.8. The molecule has 30 heavy (non-hydrogen) atoms. The fourth-order valence-corrected chi connectivity index (χ4v) is 5.68. The highest BCUT2D eigenvalue weighted by Gasteiger charge is 2.32. The Balaban J connectivity index is 1.40. The summed E-state index contributed by atoms with van der Waals surface area (Å²) in [6.45, 7) is 0.457. The Bertz CT molecular complexity index is 1160. The Hall–Kier alpha value is -2.43. The van der Waals surface area contributed by atoms with Crippen molar-refractivity contribution in [1.29, 1.82) is 0 Å². The predicted octanol–water partition coefficient (Wildman–Crippen LogP) is 3.61. The first-order chi connectivity index (χ1) is 14.3. The summed E-state index contributed by atoms with van der Waals surface area (Å²) < 4.78 is 54.2. The maximum Gasteiger partial charge on any atom is 0.240 e. The molecule has 3 aromatic rings. The second-order valence-electron chi connectivity index (χ2n) is 6.99. The zero-order valence-corrected chi connectivity index (χ0v) is 17.5. The number of halogens is 2. The lowest BCUT2D eigenvalue weighted by Crippen LogP contribution is -2.34. The fourth-order valence-electron chi connectivity index (χ4n) is 3.52. The van der Waals surface area contributed by atoms with Gasteiger partial charge in [-0.3, -0.25) is 4.79 Å². The first kappa shape index (κ1) is 20.8. The van der Waals surface area contributed by atoms with Crippen LogP contribution in [0, 0.1) is 11.6 Å². The van der Waals surface area contributed by atoms with Crippen molar-refractivity contribution < 1.29 is 22.0 Å². The lowest BCUT2D eigenvalue weighted by molar-refractivity contribution is -0.131. The molecular weight excluding hydrogens is 432 g/mol. The predicted molar refractivity (Wildman–Crippen MR) is 109 cm³/mol. The van der Waals surface area contributed by atoms with Crippen LogP contribution in [0.4, 0.5) is 8.78 Å². The van der Waals surface area contributed by atoms with E-state index >= 15 is 0 Å². The smallest absolute Gasteiger partial charge is 0.240 e.